The van der Waals surface area contributed by atoms with Crippen molar-refractivity contribution in [3.63, 3.8) is 0 Å². The molecule has 178 valence electrons. The molecule has 0 spiro atoms. The van der Waals surface area contributed by atoms with E-state index < -0.39 is 6.04 Å². The van der Waals surface area contributed by atoms with Gasteiger partial charge in [0.25, 0.3) is 0 Å². The van der Waals surface area contributed by atoms with Crippen LogP contribution in [0, 0.1) is 6.92 Å². The van der Waals surface area contributed by atoms with Crippen molar-refractivity contribution in [1.82, 2.24) is 14.9 Å². The Bertz CT molecular complexity index is 973. The van der Waals surface area contributed by atoms with Crippen molar-refractivity contribution in [2.24, 2.45) is 10.8 Å². The third-order valence-corrected chi connectivity index (χ3v) is 5.56. The summed E-state index contributed by atoms with van der Waals surface area (Å²) in [6.45, 7) is 11.7. The molecule has 1 unspecified atom stereocenters. The van der Waals surface area contributed by atoms with E-state index in [-0.39, 0.29) is 5.91 Å². The van der Waals surface area contributed by atoms with Crippen molar-refractivity contribution in [2.45, 2.75) is 53.2 Å². The number of aromatic nitrogens is 2. The number of anilines is 2. The Morgan fingerprint density at radius 3 is 2.73 bits per heavy atom. The van der Waals surface area contributed by atoms with Gasteiger partial charge in [-0.05, 0) is 18.9 Å². The number of hydrogen-bond donors (Lipinski definition) is 2. The normalized spacial score (nSPS) is 16.3. The summed E-state index contributed by atoms with van der Waals surface area (Å²) >= 11 is 0. The minimum atomic E-state index is -0.495. The lowest BCUT2D eigenvalue weighted by Crippen LogP contribution is -2.41. The molecule has 9 nitrogen and oxygen atoms in total. The summed E-state index contributed by atoms with van der Waals surface area (Å²) in [7, 11) is 0. The van der Waals surface area contributed by atoms with E-state index in [9.17, 15) is 4.79 Å². The van der Waals surface area contributed by atoms with Crippen molar-refractivity contribution in [3.05, 3.63) is 46.6 Å². The lowest BCUT2D eigenvalue weighted by Gasteiger charge is -2.29. The fourth-order valence-corrected chi connectivity index (χ4v) is 3.80. The maximum absolute atomic E-state index is 12.7. The Morgan fingerprint density at radius 1 is 1.27 bits per heavy atom. The maximum atomic E-state index is 12.7. The second kappa shape index (κ2) is 11.7. The smallest absolute Gasteiger partial charge is 0.245 e. The number of hydrogen-bond acceptors (Lipinski definition) is 8. The van der Waals surface area contributed by atoms with Crippen LogP contribution >= 0.6 is 0 Å². The van der Waals surface area contributed by atoms with Crippen molar-refractivity contribution in [2.75, 3.05) is 36.6 Å². The highest BCUT2D eigenvalue weighted by atomic mass is 16.5. The Labute approximate surface area is 196 Å². The molecule has 1 aromatic carbocycles. The van der Waals surface area contributed by atoms with Gasteiger partial charge in [-0.15, -0.1) is 0 Å². The van der Waals surface area contributed by atoms with Crippen molar-refractivity contribution < 1.29 is 9.53 Å². The first-order valence-corrected chi connectivity index (χ1v) is 11.7. The Morgan fingerprint density at radius 2 is 2.03 bits per heavy atom. The molecule has 2 aromatic rings. The van der Waals surface area contributed by atoms with Gasteiger partial charge in [0, 0.05) is 18.7 Å². The zero-order valence-corrected chi connectivity index (χ0v) is 20.0. The third-order valence-electron chi connectivity index (χ3n) is 5.56. The number of nitrogens with one attached hydrogen (secondary N) is 1. The summed E-state index contributed by atoms with van der Waals surface area (Å²) in [4.78, 5) is 26.0. The van der Waals surface area contributed by atoms with Crippen molar-refractivity contribution in [3.8, 4) is 0 Å². The number of carbonyl (C=O) groups is 1. The summed E-state index contributed by atoms with van der Waals surface area (Å²) in [5.74, 6) is 1.19. The fourth-order valence-electron chi connectivity index (χ4n) is 3.80. The van der Waals surface area contributed by atoms with Gasteiger partial charge in [0.1, 0.15) is 5.82 Å². The number of nitrogens with zero attached hydrogens (tertiary/aromatic N) is 5. The molecular weight excluding hydrogens is 418 g/mol. The zero-order valence-electron chi connectivity index (χ0n) is 20.0. The molecule has 1 amide bonds. The van der Waals surface area contributed by atoms with Crippen LogP contribution in [0.25, 0.3) is 0 Å². The van der Waals surface area contributed by atoms with E-state index in [2.05, 4.69) is 20.4 Å². The number of rotatable bonds is 6. The number of carbonyl (C=O) groups excluding carboxylic acids is 1. The Hall–Kier alpha value is -3.04. The molecule has 1 saturated heterocycles. The quantitative estimate of drug-likeness (QED) is 0.511. The van der Waals surface area contributed by atoms with Crippen LogP contribution in [-0.2, 0) is 22.6 Å². The molecule has 2 aliphatic rings. The largest absolute Gasteiger partial charge is 0.378 e. The summed E-state index contributed by atoms with van der Waals surface area (Å²) in [5.41, 5.74) is 12.9. The molecule has 0 bridgehead atoms. The summed E-state index contributed by atoms with van der Waals surface area (Å²) in [6, 6.07) is 7.58. The van der Waals surface area contributed by atoms with Gasteiger partial charge in [-0.25, -0.2) is 10.4 Å². The van der Waals surface area contributed by atoms with E-state index in [1.165, 1.54) is 5.56 Å². The number of aryl methyl sites for hydroxylation is 1. The number of fused-ring (bicyclic) bond motifs is 1. The number of hydrazone groups is 1. The minimum absolute atomic E-state index is 0.0552. The summed E-state index contributed by atoms with van der Waals surface area (Å²) in [5, 5.41) is 4.32. The van der Waals surface area contributed by atoms with E-state index in [0.717, 1.165) is 35.7 Å². The average Bonchev–Trinajstić information content (AvgIpc) is 3.28. The molecule has 4 rings (SSSR count). The molecule has 0 aliphatic carbocycles. The molecule has 0 radical (unpaired) electrons. The van der Waals surface area contributed by atoms with Gasteiger partial charge in [-0.1, -0.05) is 50.6 Å². The predicted molar refractivity (Wildman–Crippen MR) is 131 cm³/mol. The highest BCUT2D eigenvalue weighted by Gasteiger charge is 2.32. The molecular formula is C24H35N7O2. The van der Waals surface area contributed by atoms with Crippen LogP contribution in [-0.4, -0.2) is 59.3 Å². The van der Waals surface area contributed by atoms with Crippen LogP contribution in [0.4, 0.5) is 11.8 Å². The number of amides is 1. The fraction of sp³-hybridized carbons (Fsp3) is 0.500. The molecule has 0 saturated carbocycles. The van der Waals surface area contributed by atoms with Gasteiger partial charge >= 0.3 is 0 Å². The van der Waals surface area contributed by atoms with E-state index in [1.807, 2.05) is 52.0 Å². The van der Waals surface area contributed by atoms with Crippen LogP contribution < -0.4 is 16.1 Å². The number of nitrogens with two attached hydrogens (primary N) is 1. The van der Waals surface area contributed by atoms with Crippen LogP contribution in [0.5, 0.6) is 0 Å². The van der Waals surface area contributed by atoms with Gasteiger partial charge in [0.2, 0.25) is 11.9 Å². The van der Waals surface area contributed by atoms with E-state index in [0.29, 0.717) is 38.7 Å². The highest BCUT2D eigenvalue weighted by Crippen LogP contribution is 2.31. The van der Waals surface area contributed by atoms with Gasteiger partial charge in [-0.3, -0.25) is 4.79 Å². The minimum Gasteiger partial charge on any atom is -0.378 e. The van der Waals surface area contributed by atoms with Crippen LogP contribution in [0.2, 0.25) is 0 Å². The van der Waals surface area contributed by atoms with Gasteiger partial charge < -0.3 is 20.3 Å². The third kappa shape index (κ3) is 6.06. The van der Waals surface area contributed by atoms with Gasteiger partial charge in [-0.2, -0.15) is 10.1 Å². The maximum Gasteiger partial charge on any atom is 0.245 e. The van der Waals surface area contributed by atoms with Gasteiger partial charge in [0.05, 0.1) is 44.3 Å². The first-order valence-electron chi connectivity index (χ1n) is 11.7. The molecule has 33 heavy (non-hydrogen) atoms. The van der Waals surface area contributed by atoms with E-state index in [4.69, 9.17) is 15.5 Å². The second-order valence-corrected chi connectivity index (χ2v) is 7.89. The highest BCUT2D eigenvalue weighted by molar-refractivity contribution is 5.82. The Balaban J connectivity index is 0.00000149. The molecule has 3 N–H and O–H groups in total. The average molecular weight is 454 g/mol. The summed E-state index contributed by atoms with van der Waals surface area (Å²) in [6.07, 6.45) is 2.35. The lowest BCUT2D eigenvalue weighted by molar-refractivity contribution is -0.133. The SMILES string of the molecule is CC.CCC(N)C(=O)N1Cc2nc(N/N=C/c3cccc(C)c3)nc(N3CCOCC3)c2C1. The van der Waals surface area contributed by atoms with E-state index >= 15 is 0 Å². The van der Waals surface area contributed by atoms with E-state index in [1.54, 1.807) is 11.1 Å². The van der Waals surface area contributed by atoms with Crippen LogP contribution in [0.15, 0.2) is 29.4 Å². The number of benzene rings is 1. The molecule has 1 fully saturated rings. The monoisotopic (exact) mass is 453 g/mol. The number of ether oxygens (including phenoxy) is 1. The first-order chi connectivity index (χ1) is 16.0. The molecule has 9 heteroatoms. The molecule has 2 aliphatic heterocycles. The van der Waals surface area contributed by atoms with Crippen LogP contribution in [0.3, 0.4) is 0 Å². The second-order valence-electron chi connectivity index (χ2n) is 7.89. The number of morpholine rings is 1. The molecule has 1 atom stereocenters. The van der Waals surface area contributed by atoms with Gasteiger partial charge in [0.15, 0.2) is 0 Å². The van der Waals surface area contributed by atoms with Crippen molar-refractivity contribution >= 4 is 23.9 Å². The van der Waals surface area contributed by atoms with Crippen LogP contribution in [0.1, 0.15) is 49.6 Å². The standard InChI is InChI=1S/C22H29N7O2.C2H6/c1-3-18(23)21(30)29-13-17-19(14-29)25-22(26-20(17)28-7-9-31-10-8-28)27-24-12-16-6-4-5-15(2)11-16;1-2/h4-6,11-12,18H,3,7-10,13-14,23H2,1-2H3,(H,25,26,27);1-2H3/b24-12+;. The molecule has 1 aromatic heterocycles. The first kappa shape index (κ1) is 24.6. The summed E-state index contributed by atoms with van der Waals surface area (Å²) < 4.78 is 5.49. The zero-order chi connectivity index (χ0) is 23.8. The lowest BCUT2D eigenvalue weighted by atomic mass is 10.2. The molecule has 3 heterocycles. The van der Waals surface area contributed by atoms with Crippen molar-refractivity contribution in [1.29, 1.82) is 0 Å². The Kier molecular flexibility index (Phi) is 8.73. The predicted octanol–water partition coefficient (Wildman–Crippen LogP) is 2.67. The topological polar surface area (TPSA) is 109 Å².